The van der Waals surface area contributed by atoms with Gasteiger partial charge in [0.2, 0.25) is 0 Å². The quantitative estimate of drug-likeness (QED) is 0.774. The Morgan fingerprint density at radius 3 is 2.87 bits per heavy atom. The second-order valence-corrected chi connectivity index (χ2v) is 4.17. The lowest BCUT2D eigenvalue weighted by molar-refractivity contribution is 0.0276. The van der Waals surface area contributed by atoms with Crippen LogP contribution >= 0.6 is 23.2 Å². The zero-order valence-corrected chi connectivity index (χ0v) is 9.41. The summed E-state index contributed by atoms with van der Waals surface area (Å²) in [4.78, 5) is 0. The van der Waals surface area contributed by atoms with Crippen molar-refractivity contribution in [3.63, 3.8) is 0 Å². The molecular weight excluding hydrogens is 240 g/mol. The number of nitrogens with one attached hydrogen (secondary N) is 1. The van der Waals surface area contributed by atoms with E-state index in [0.29, 0.717) is 23.7 Å². The Morgan fingerprint density at radius 1 is 1.40 bits per heavy atom. The molecule has 1 aromatic carbocycles. The molecule has 0 radical (unpaired) electrons. The van der Waals surface area contributed by atoms with E-state index in [0.717, 1.165) is 6.54 Å². The fourth-order valence-corrected chi connectivity index (χ4v) is 2.02. The fourth-order valence-electron chi connectivity index (χ4n) is 1.58. The average Bonchev–Trinajstić information content (AvgIpc) is 2.24. The minimum atomic E-state index is -0.506. The minimum absolute atomic E-state index is 0.0908. The van der Waals surface area contributed by atoms with Crippen molar-refractivity contribution in [3.8, 4) is 0 Å². The van der Waals surface area contributed by atoms with Crippen LogP contribution in [0, 0.1) is 5.82 Å². The van der Waals surface area contributed by atoms with Crippen molar-refractivity contribution in [3.05, 3.63) is 33.6 Å². The summed E-state index contributed by atoms with van der Waals surface area (Å²) >= 11 is 11.6. The van der Waals surface area contributed by atoms with Gasteiger partial charge in [-0.15, -0.1) is 0 Å². The zero-order chi connectivity index (χ0) is 10.8. The first kappa shape index (κ1) is 11.1. The number of hydrogen-bond donors (Lipinski definition) is 1. The predicted octanol–water partition coefficient (Wildman–Crippen LogP) is 2.79. The van der Waals surface area contributed by atoms with Gasteiger partial charge in [-0.25, -0.2) is 4.39 Å². The molecule has 82 valence electrons. The molecule has 1 unspecified atom stereocenters. The number of ether oxygens (including phenoxy) is 1. The van der Waals surface area contributed by atoms with Gasteiger partial charge in [0, 0.05) is 23.7 Å². The van der Waals surface area contributed by atoms with Gasteiger partial charge in [-0.1, -0.05) is 23.2 Å². The highest BCUT2D eigenvalue weighted by molar-refractivity contribution is 6.33. The van der Waals surface area contributed by atoms with Crippen molar-refractivity contribution >= 4 is 23.2 Å². The maximum absolute atomic E-state index is 13.3. The van der Waals surface area contributed by atoms with Crippen molar-refractivity contribution < 1.29 is 9.13 Å². The summed E-state index contributed by atoms with van der Waals surface area (Å²) in [5.74, 6) is -0.506. The highest BCUT2D eigenvalue weighted by atomic mass is 35.5. The third kappa shape index (κ3) is 2.42. The maximum atomic E-state index is 13.3. The van der Waals surface area contributed by atoms with Crippen molar-refractivity contribution in [1.29, 1.82) is 0 Å². The molecule has 0 aromatic heterocycles. The minimum Gasteiger partial charge on any atom is -0.371 e. The van der Waals surface area contributed by atoms with E-state index in [1.165, 1.54) is 6.07 Å². The molecular formula is C10H10Cl2FNO. The smallest absolute Gasteiger partial charge is 0.143 e. The second kappa shape index (κ2) is 4.66. The lowest BCUT2D eigenvalue weighted by Crippen LogP contribution is -2.33. The molecule has 1 heterocycles. The first-order chi connectivity index (χ1) is 7.18. The van der Waals surface area contributed by atoms with Crippen LogP contribution in [0.25, 0.3) is 0 Å². The molecule has 0 bridgehead atoms. The van der Waals surface area contributed by atoms with Gasteiger partial charge in [-0.3, -0.25) is 0 Å². The van der Waals surface area contributed by atoms with Crippen LogP contribution in [0.5, 0.6) is 0 Å². The molecule has 1 atom stereocenters. The molecule has 5 heteroatoms. The normalized spacial score (nSPS) is 21.7. The highest BCUT2D eigenvalue weighted by Crippen LogP contribution is 2.31. The molecule has 1 aliphatic heterocycles. The van der Waals surface area contributed by atoms with Crippen molar-refractivity contribution in [2.45, 2.75) is 6.10 Å². The first-order valence-electron chi connectivity index (χ1n) is 4.65. The molecule has 0 amide bonds. The number of hydrogen-bond acceptors (Lipinski definition) is 2. The zero-order valence-electron chi connectivity index (χ0n) is 7.90. The predicted molar refractivity (Wildman–Crippen MR) is 58.0 cm³/mol. The molecule has 0 saturated carbocycles. The monoisotopic (exact) mass is 249 g/mol. The summed E-state index contributed by atoms with van der Waals surface area (Å²) in [5, 5.41) is 3.58. The molecule has 2 nitrogen and oxygen atoms in total. The number of rotatable bonds is 1. The van der Waals surface area contributed by atoms with E-state index in [9.17, 15) is 4.39 Å². The standard InChI is InChI=1S/C10H10Cl2FNO/c11-6-3-7(10(12)8(13)4-6)9-5-14-1-2-15-9/h3-4,9,14H,1-2,5H2. The molecule has 15 heavy (non-hydrogen) atoms. The molecule has 0 aliphatic carbocycles. The van der Waals surface area contributed by atoms with Gasteiger partial charge in [-0.2, -0.15) is 0 Å². The molecule has 1 aromatic rings. The van der Waals surface area contributed by atoms with Gasteiger partial charge in [0.1, 0.15) is 5.82 Å². The van der Waals surface area contributed by atoms with E-state index in [2.05, 4.69) is 5.32 Å². The van der Waals surface area contributed by atoms with E-state index >= 15 is 0 Å². The Hall–Kier alpha value is -0.350. The fraction of sp³-hybridized carbons (Fsp3) is 0.400. The van der Waals surface area contributed by atoms with Crippen LogP contribution < -0.4 is 5.32 Å². The molecule has 1 saturated heterocycles. The van der Waals surface area contributed by atoms with E-state index in [-0.39, 0.29) is 11.1 Å². The van der Waals surface area contributed by atoms with E-state index in [1.807, 2.05) is 0 Å². The van der Waals surface area contributed by atoms with Crippen LogP contribution in [0.3, 0.4) is 0 Å². The molecule has 1 N–H and O–H groups in total. The maximum Gasteiger partial charge on any atom is 0.143 e. The lowest BCUT2D eigenvalue weighted by atomic mass is 10.1. The summed E-state index contributed by atoms with van der Waals surface area (Å²) in [6, 6.07) is 2.84. The van der Waals surface area contributed by atoms with Crippen LogP contribution in [0.4, 0.5) is 4.39 Å². The summed E-state index contributed by atoms with van der Waals surface area (Å²) in [7, 11) is 0. The Labute approximate surface area is 97.3 Å². The molecule has 0 spiro atoms. The Bertz CT molecular complexity index is 367. The molecule has 2 rings (SSSR count). The van der Waals surface area contributed by atoms with Crippen LogP contribution in [0.1, 0.15) is 11.7 Å². The van der Waals surface area contributed by atoms with Crippen molar-refractivity contribution in [2.24, 2.45) is 0 Å². The second-order valence-electron chi connectivity index (χ2n) is 3.35. The van der Waals surface area contributed by atoms with Crippen molar-refractivity contribution in [1.82, 2.24) is 5.32 Å². The van der Waals surface area contributed by atoms with Gasteiger partial charge < -0.3 is 10.1 Å². The average molecular weight is 250 g/mol. The number of halogens is 3. The lowest BCUT2D eigenvalue weighted by Gasteiger charge is -2.24. The van der Waals surface area contributed by atoms with Crippen LogP contribution in [-0.2, 0) is 4.74 Å². The third-order valence-corrected chi connectivity index (χ3v) is 2.91. The SMILES string of the molecule is Fc1cc(Cl)cc(C2CNCCO2)c1Cl. The largest absolute Gasteiger partial charge is 0.371 e. The summed E-state index contributed by atoms with van der Waals surface area (Å²) in [6.45, 7) is 2.02. The van der Waals surface area contributed by atoms with E-state index in [1.54, 1.807) is 6.07 Å². The van der Waals surface area contributed by atoms with Crippen LogP contribution in [0.2, 0.25) is 10.0 Å². The van der Waals surface area contributed by atoms with E-state index in [4.69, 9.17) is 27.9 Å². The number of morpholine rings is 1. The van der Waals surface area contributed by atoms with Gasteiger partial charge in [-0.05, 0) is 12.1 Å². The first-order valence-corrected chi connectivity index (χ1v) is 5.41. The van der Waals surface area contributed by atoms with Crippen molar-refractivity contribution in [2.75, 3.05) is 19.7 Å². The van der Waals surface area contributed by atoms with Gasteiger partial charge in [0.05, 0.1) is 17.7 Å². The Balaban J connectivity index is 2.33. The Kier molecular flexibility index (Phi) is 3.46. The molecule has 1 aliphatic rings. The van der Waals surface area contributed by atoms with Gasteiger partial charge >= 0.3 is 0 Å². The van der Waals surface area contributed by atoms with Gasteiger partial charge in [0.25, 0.3) is 0 Å². The van der Waals surface area contributed by atoms with Crippen LogP contribution in [-0.4, -0.2) is 19.7 Å². The summed E-state index contributed by atoms with van der Waals surface area (Å²) in [6.07, 6.45) is -0.223. The van der Waals surface area contributed by atoms with E-state index < -0.39 is 5.82 Å². The van der Waals surface area contributed by atoms with Gasteiger partial charge in [0.15, 0.2) is 0 Å². The summed E-state index contributed by atoms with van der Waals surface area (Å²) < 4.78 is 18.8. The third-order valence-electron chi connectivity index (χ3n) is 2.30. The highest BCUT2D eigenvalue weighted by Gasteiger charge is 2.20. The Morgan fingerprint density at radius 2 is 2.20 bits per heavy atom. The summed E-state index contributed by atoms with van der Waals surface area (Å²) in [5.41, 5.74) is 0.605. The topological polar surface area (TPSA) is 21.3 Å². The molecule has 1 fully saturated rings. The van der Waals surface area contributed by atoms with Crippen LogP contribution in [0.15, 0.2) is 12.1 Å². The number of benzene rings is 1.